The van der Waals surface area contributed by atoms with E-state index >= 15 is 0 Å². The van der Waals surface area contributed by atoms with E-state index < -0.39 is 0 Å². The zero-order valence-electron chi connectivity index (χ0n) is 9.11. The van der Waals surface area contributed by atoms with Gasteiger partial charge in [0.1, 0.15) is 12.0 Å². The van der Waals surface area contributed by atoms with Gasteiger partial charge in [-0.1, -0.05) is 12.1 Å². The molecule has 15 heavy (non-hydrogen) atoms. The van der Waals surface area contributed by atoms with Gasteiger partial charge in [0.25, 0.3) is 0 Å². The van der Waals surface area contributed by atoms with E-state index in [0.29, 0.717) is 0 Å². The highest BCUT2D eigenvalue weighted by Gasteiger charge is 2.04. The van der Waals surface area contributed by atoms with Crippen LogP contribution in [0, 0.1) is 6.92 Å². The third kappa shape index (κ3) is 2.59. The van der Waals surface area contributed by atoms with Gasteiger partial charge in [0, 0.05) is 5.39 Å². The zero-order chi connectivity index (χ0) is 11.3. The Balaban J connectivity index is 0.000000337. The first-order valence-corrected chi connectivity index (χ1v) is 4.66. The van der Waals surface area contributed by atoms with Crippen molar-refractivity contribution in [2.75, 3.05) is 7.11 Å². The second-order valence-corrected chi connectivity index (χ2v) is 2.97. The predicted octanol–water partition coefficient (Wildman–Crippen LogP) is 2.96. The molecule has 1 heterocycles. The number of aldehydes is 1. The van der Waals surface area contributed by atoms with Crippen LogP contribution < -0.4 is 4.74 Å². The van der Waals surface area contributed by atoms with Crippen molar-refractivity contribution in [3.63, 3.8) is 0 Å². The molecular formula is C12H14O3. The number of hydrogen-bond acceptors (Lipinski definition) is 3. The fourth-order valence-electron chi connectivity index (χ4n) is 1.33. The molecule has 2 aromatic rings. The molecule has 0 aliphatic rings. The van der Waals surface area contributed by atoms with Crippen molar-refractivity contribution in [2.24, 2.45) is 0 Å². The summed E-state index contributed by atoms with van der Waals surface area (Å²) in [5.41, 5.74) is 0.831. The first-order valence-electron chi connectivity index (χ1n) is 4.66. The van der Waals surface area contributed by atoms with E-state index in [1.54, 1.807) is 7.11 Å². The first-order chi connectivity index (χ1) is 7.22. The molecule has 0 saturated heterocycles. The van der Waals surface area contributed by atoms with Gasteiger partial charge in [-0.3, -0.25) is 0 Å². The minimum Gasteiger partial charge on any atom is -0.493 e. The van der Waals surface area contributed by atoms with Crippen LogP contribution in [-0.4, -0.2) is 13.4 Å². The van der Waals surface area contributed by atoms with E-state index in [0.717, 1.165) is 28.8 Å². The Kier molecular flexibility index (Phi) is 3.92. The van der Waals surface area contributed by atoms with Crippen molar-refractivity contribution < 1.29 is 13.9 Å². The van der Waals surface area contributed by atoms with Crippen LogP contribution in [-0.2, 0) is 4.79 Å². The molecule has 2 rings (SSSR count). The molecule has 0 saturated carbocycles. The Labute approximate surface area is 88.6 Å². The highest BCUT2D eigenvalue weighted by atomic mass is 16.5. The Morgan fingerprint density at radius 2 is 2.07 bits per heavy atom. The average Bonchev–Trinajstić information content (AvgIpc) is 2.58. The monoisotopic (exact) mass is 206 g/mol. The van der Waals surface area contributed by atoms with Gasteiger partial charge in [0.15, 0.2) is 11.3 Å². The van der Waals surface area contributed by atoms with Crippen molar-refractivity contribution in [1.82, 2.24) is 0 Å². The number of methoxy groups -OCH3 is 1. The lowest BCUT2D eigenvalue weighted by Gasteiger charge is -1.97. The van der Waals surface area contributed by atoms with Crippen molar-refractivity contribution in [3.05, 3.63) is 30.0 Å². The quantitative estimate of drug-likeness (QED) is 0.673. The van der Waals surface area contributed by atoms with Gasteiger partial charge in [-0.15, -0.1) is 0 Å². The number of carbonyl (C=O) groups excluding carboxylic acids is 1. The van der Waals surface area contributed by atoms with E-state index in [-0.39, 0.29) is 0 Å². The molecular weight excluding hydrogens is 192 g/mol. The van der Waals surface area contributed by atoms with Gasteiger partial charge < -0.3 is 13.9 Å². The number of ether oxygens (including phenoxy) is 1. The fourth-order valence-corrected chi connectivity index (χ4v) is 1.33. The van der Waals surface area contributed by atoms with Crippen LogP contribution in [0.25, 0.3) is 11.0 Å². The zero-order valence-corrected chi connectivity index (χ0v) is 9.11. The molecule has 0 radical (unpaired) electrons. The summed E-state index contributed by atoms with van der Waals surface area (Å²) < 4.78 is 10.6. The summed E-state index contributed by atoms with van der Waals surface area (Å²) in [7, 11) is 1.65. The number of aryl methyl sites for hydroxylation is 1. The smallest absolute Gasteiger partial charge is 0.176 e. The summed E-state index contributed by atoms with van der Waals surface area (Å²) in [5.74, 6) is 1.70. The molecule has 0 N–H and O–H groups in total. The maximum absolute atomic E-state index is 8.81. The minimum atomic E-state index is 0.750. The fraction of sp³-hybridized carbons (Fsp3) is 0.250. The first kappa shape index (κ1) is 11.3. The van der Waals surface area contributed by atoms with Crippen molar-refractivity contribution in [3.8, 4) is 5.75 Å². The summed E-state index contributed by atoms with van der Waals surface area (Å²) in [4.78, 5) is 8.81. The van der Waals surface area contributed by atoms with E-state index in [2.05, 4.69) is 0 Å². The number of carbonyl (C=O) groups is 1. The Morgan fingerprint density at radius 1 is 1.40 bits per heavy atom. The second kappa shape index (κ2) is 5.20. The third-order valence-electron chi connectivity index (χ3n) is 1.85. The maximum Gasteiger partial charge on any atom is 0.176 e. The Morgan fingerprint density at radius 3 is 2.67 bits per heavy atom. The lowest BCUT2D eigenvalue weighted by atomic mass is 10.2. The van der Waals surface area contributed by atoms with Crippen LogP contribution in [0.2, 0.25) is 0 Å². The molecule has 3 heteroatoms. The topological polar surface area (TPSA) is 39.4 Å². The third-order valence-corrected chi connectivity index (χ3v) is 1.85. The summed E-state index contributed by atoms with van der Waals surface area (Å²) in [5, 5.41) is 1.09. The molecule has 0 unspecified atom stereocenters. The number of fused-ring (bicyclic) bond motifs is 1. The van der Waals surface area contributed by atoms with Gasteiger partial charge in [0.05, 0.1) is 7.11 Å². The van der Waals surface area contributed by atoms with E-state index in [9.17, 15) is 0 Å². The maximum atomic E-state index is 8.81. The molecule has 0 fully saturated rings. The minimum absolute atomic E-state index is 0.750. The summed E-state index contributed by atoms with van der Waals surface area (Å²) in [6.07, 6.45) is 0.750. The molecule has 0 spiro atoms. The molecule has 1 aromatic heterocycles. The van der Waals surface area contributed by atoms with E-state index in [1.165, 1.54) is 6.92 Å². The number of furan rings is 1. The standard InChI is InChI=1S/C10H10O2.C2H4O/c1-7-6-8-4-3-5-9(11-2)10(8)12-7;1-2-3/h3-6H,1-2H3;2H,1H3. The van der Waals surface area contributed by atoms with Gasteiger partial charge >= 0.3 is 0 Å². The predicted molar refractivity (Wildman–Crippen MR) is 59.2 cm³/mol. The summed E-state index contributed by atoms with van der Waals surface area (Å²) >= 11 is 0. The number of benzene rings is 1. The number of rotatable bonds is 1. The van der Waals surface area contributed by atoms with Crippen LogP contribution in [0.5, 0.6) is 5.75 Å². The lowest BCUT2D eigenvalue weighted by Crippen LogP contribution is -1.81. The second-order valence-electron chi connectivity index (χ2n) is 2.97. The van der Waals surface area contributed by atoms with Crippen molar-refractivity contribution >= 4 is 17.3 Å². The molecule has 80 valence electrons. The highest BCUT2D eigenvalue weighted by molar-refractivity contribution is 5.83. The van der Waals surface area contributed by atoms with Crippen LogP contribution in [0.15, 0.2) is 28.7 Å². The highest BCUT2D eigenvalue weighted by Crippen LogP contribution is 2.27. The average molecular weight is 206 g/mol. The van der Waals surface area contributed by atoms with Crippen LogP contribution in [0.3, 0.4) is 0 Å². The molecule has 1 aromatic carbocycles. The van der Waals surface area contributed by atoms with E-state index in [1.807, 2.05) is 31.2 Å². The molecule has 0 aliphatic carbocycles. The molecule has 0 bridgehead atoms. The SMILES string of the molecule is CC=O.COc1cccc2cc(C)oc12. The van der Waals surface area contributed by atoms with Crippen LogP contribution >= 0.6 is 0 Å². The van der Waals surface area contributed by atoms with E-state index in [4.69, 9.17) is 13.9 Å². The van der Waals surface area contributed by atoms with Gasteiger partial charge in [-0.25, -0.2) is 0 Å². The van der Waals surface area contributed by atoms with Crippen LogP contribution in [0.4, 0.5) is 0 Å². The molecule has 0 aliphatic heterocycles. The van der Waals surface area contributed by atoms with Crippen LogP contribution in [0.1, 0.15) is 12.7 Å². The molecule has 0 amide bonds. The van der Waals surface area contributed by atoms with Gasteiger partial charge in [0.2, 0.25) is 0 Å². The van der Waals surface area contributed by atoms with Gasteiger partial charge in [-0.2, -0.15) is 0 Å². The summed E-state index contributed by atoms with van der Waals surface area (Å²) in [6.45, 7) is 3.37. The molecule has 3 nitrogen and oxygen atoms in total. The number of para-hydroxylation sites is 1. The normalized spacial score (nSPS) is 9.27. The summed E-state index contributed by atoms with van der Waals surface area (Å²) in [6, 6.07) is 7.85. The molecule has 0 atom stereocenters. The van der Waals surface area contributed by atoms with Gasteiger partial charge in [-0.05, 0) is 26.0 Å². The number of hydrogen-bond donors (Lipinski definition) is 0. The van der Waals surface area contributed by atoms with Crippen molar-refractivity contribution in [1.29, 1.82) is 0 Å². The lowest BCUT2D eigenvalue weighted by molar-refractivity contribution is -0.106. The Hall–Kier alpha value is -1.77. The van der Waals surface area contributed by atoms with Crippen molar-refractivity contribution in [2.45, 2.75) is 13.8 Å². The Bertz CT molecular complexity index is 443. The largest absolute Gasteiger partial charge is 0.493 e.